The van der Waals surface area contributed by atoms with Crippen molar-refractivity contribution in [3.8, 4) is 0 Å². The van der Waals surface area contributed by atoms with Gasteiger partial charge in [-0.25, -0.2) is 4.98 Å². The molecule has 0 saturated carbocycles. The Morgan fingerprint density at radius 3 is 1.44 bits per heavy atom. The van der Waals surface area contributed by atoms with Crippen LogP contribution >= 0.6 is 11.6 Å². The lowest BCUT2D eigenvalue weighted by atomic mass is 9.76. The van der Waals surface area contributed by atoms with Crippen LogP contribution in [0, 0.1) is 0 Å². The summed E-state index contributed by atoms with van der Waals surface area (Å²) in [6.07, 6.45) is 25.2. The number of rotatable bonds is 32. The summed E-state index contributed by atoms with van der Waals surface area (Å²) >= 11 is 6.69. The van der Waals surface area contributed by atoms with Crippen molar-refractivity contribution in [3.05, 3.63) is 125 Å². The van der Waals surface area contributed by atoms with E-state index in [-0.39, 0.29) is 50.8 Å². The highest BCUT2D eigenvalue weighted by Crippen LogP contribution is 2.43. The maximum Gasteiger partial charge on any atom is 0.306 e. The average Bonchev–Trinajstić information content (AvgIpc) is 3.85. The van der Waals surface area contributed by atoms with E-state index < -0.39 is 23.6 Å². The Labute approximate surface area is 387 Å². The number of carbonyl (C=O) groups is 4. The molecule has 11 heteroatoms. The zero-order valence-corrected chi connectivity index (χ0v) is 39.2. The molecule has 0 aliphatic rings. The lowest BCUT2D eigenvalue weighted by Crippen LogP contribution is -2.37. The van der Waals surface area contributed by atoms with Crippen LogP contribution in [0.1, 0.15) is 172 Å². The summed E-state index contributed by atoms with van der Waals surface area (Å²) < 4.78 is 17.9. The molecule has 0 spiro atoms. The molecule has 0 aliphatic carbocycles. The van der Waals surface area contributed by atoms with Gasteiger partial charge in [-0.1, -0.05) is 207 Å². The highest BCUT2D eigenvalue weighted by atomic mass is 35.5. The molecule has 0 bridgehead atoms. The molecule has 0 fully saturated rings. The average molecular weight is 902 g/mol. The lowest BCUT2D eigenvalue weighted by molar-refractivity contribution is -0.167. The number of unbranched alkanes of at least 4 members (excludes halogenated alkanes) is 16. The van der Waals surface area contributed by atoms with Gasteiger partial charge in [0.2, 0.25) is 0 Å². The highest BCUT2D eigenvalue weighted by molar-refractivity contribution is 6.31. The van der Waals surface area contributed by atoms with Crippen LogP contribution in [0.5, 0.6) is 0 Å². The quantitative estimate of drug-likeness (QED) is 0.0220. The van der Waals surface area contributed by atoms with Crippen molar-refractivity contribution in [2.45, 2.75) is 167 Å². The standard InChI is InChI=1S/C31H56O8.C22H17ClN2/c1-3-5-7-9-11-13-15-17-19-21-29(34)37-25-27(39-31(36)24-23-28(32)33)26-38-30(35)22-20-18-16-14-12-10-8-6-4-2;23-21-14-8-7-13-20(21)22(25-16-15-24-17-25,18-9-3-1-4-10-18)19-11-5-2-6-12-19/h27H,3-26H2,1-2H3,(H,32,33);1-17H. The van der Waals surface area contributed by atoms with Gasteiger partial charge in [0.15, 0.2) is 6.10 Å². The second-order valence-corrected chi connectivity index (χ2v) is 16.8. The number of esters is 3. The smallest absolute Gasteiger partial charge is 0.306 e. The normalized spacial score (nSPS) is 11.1. The highest BCUT2D eigenvalue weighted by Gasteiger charge is 2.39. The molecule has 4 aromatic rings. The fourth-order valence-electron chi connectivity index (χ4n) is 7.73. The predicted molar refractivity (Wildman–Crippen MR) is 254 cm³/mol. The second-order valence-electron chi connectivity index (χ2n) is 16.4. The van der Waals surface area contributed by atoms with Gasteiger partial charge in [0.1, 0.15) is 18.8 Å². The van der Waals surface area contributed by atoms with Gasteiger partial charge >= 0.3 is 23.9 Å². The molecule has 10 nitrogen and oxygen atoms in total. The van der Waals surface area contributed by atoms with Crippen LogP contribution in [0.2, 0.25) is 5.02 Å². The third-order valence-corrected chi connectivity index (χ3v) is 11.5. The van der Waals surface area contributed by atoms with Crippen LogP contribution in [-0.2, 0) is 38.9 Å². The molecule has 0 unspecified atom stereocenters. The van der Waals surface area contributed by atoms with Crippen molar-refractivity contribution in [1.29, 1.82) is 0 Å². The lowest BCUT2D eigenvalue weighted by Gasteiger charge is -2.37. The van der Waals surface area contributed by atoms with Crippen molar-refractivity contribution < 1.29 is 38.5 Å². The largest absolute Gasteiger partial charge is 0.481 e. The molecule has 4 rings (SSSR count). The first kappa shape index (κ1) is 53.4. The monoisotopic (exact) mass is 901 g/mol. The van der Waals surface area contributed by atoms with Crippen LogP contribution in [0.15, 0.2) is 104 Å². The molecule has 1 N–H and O–H groups in total. The topological polar surface area (TPSA) is 134 Å². The van der Waals surface area contributed by atoms with E-state index in [4.69, 9.17) is 30.9 Å². The van der Waals surface area contributed by atoms with E-state index in [0.29, 0.717) is 0 Å². The van der Waals surface area contributed by atoms with Crippen LogP contribution in [0.3, 0.4) is 0 Å². The van der Waals surface area contributed by atoms with Gasteiger partial charge in [0.25, 0.3) is 0 Å². The molecular weight excluding hydrogens is 828 g/mol. The summed E-state index contributed by atoms with van der Waals surface area (Å²) in [4.78, 5) is 51.3. The Hall–Kier alpha value is -4.96. The molecule has 3 aromatic carbocycles. The number of imidazole rings is 1. The van der Waals surface area contributed by atoms with Crippen molar-refractivity contribution in [2.24, 2.45) is 0 Å². The van der Waals surface area contributed by atoms with Gasteiger partial charge < -0.3 is 23.9 Å². The zero-order valence-electron chi connectivity index (χ0n) is 38.4. The number of aromatic nitrogens is 2. The summed E-state index contributed by atoms with van der Waals surface area (Å²) in [5, 5.41) is 9.50. The van der Waals surface area contributed by atoms with E-state index in [0.717, 1.165) is 60.2 Å². The molecule has 350 valence electrons. The van der Waals surface area contributed by atoms with Gasteiger partial charge in [-0.05, 0) is 30.0 Å². The summed E-state index contributed by atoms with van der Waals surface area (Å²) in [5.74, 6) is -2.60. The Kier molecular flexibility index (Phi) is 27.2. The van der Waals surface area contributed by atoms with Crippen molar-refractivity contribution in [3.63, 3.8) is 0 Å². The number of carbonyl (C=O) groups excluding carboxylic acids is 3. The summed E-state index contributed by atoms with van der Waals surface area (Å²) in [7, 11) is 0. The van der Waals surface area contributed by atoms with E-state index in [1.165, 1.54) is 77.0 Å². The van der Waals surface area contributed by atoms with Crippen LogP contribution in [-0.4, -0.2) is 57.9 Å². The molecule has 1 aromatic heterocycles. The molecule has 0 aliphatic heterocycles. The molecule has 0 atom stereocenters. The minimum absolute atomic E-state index is 0.222. The molecule has 1 heterocycles. The number of hydrogen-bond donors (Lipinski definition) is 1. The third kappa shape index (κ3) is 20.3. The number of carboxylic acid groups (broad SMARTS) is 1. The van der Waals surface area contributed by atoms with Crippen LogP contribution in [0.25, 0.3) is 0 Å². The van der Waals surface area contributed by atoms with Crippen LogP contribution < -0.4 is 0 Å². The number of halogens is 1. The maximum atomic E-state index is 12.1. The number of aliphatic carboxylic acids is 1. The molecular formula is C53H73ClN2O8. The van der Waals surface area contributed by atoms with E-state index in [1.807, 2.05) is 42.9 Å². The van der Waals surface area contributed by atoms with Gasteiger partial charge in [0, 0.05) is 35.8 Å². The first-order valence-corrected chi connectivity index (χ1v) is 24.2. The maximum absolute atomic E-state index is 12.1. The number of ether oxygens (including phenoxy) is 3. The first-order chi connectivity index (χ1) is 31.2. The van der Waals surface area contributed by atoms with Crippen molar-refractivity contribution in [2.75, 3.05) is 13.2 Å². The third-order valence-electron chi connectivity index (χ3n) is 11.2. The Bertz CT molecular complexity index is 1780. The van der Waals surface area contributed by atoms with Crippen molar-refractivity contribution in [1.82, 2.24) is 9.55 Å². The number of hydrogen-bond acceptors (Lipinski definition) is 8. The number of benzene rings is 3. The van der Waals surface area contributed by atoms with Gasteiger partial charge in [-0.2, -0.15) is 0 Å². The summed E-state index contributed by atoms with van der Waals surface area (Å²) in [6, 6.07) is 28.8. The fraction of sp³-hybridized carbons (Fsp3) is 0.528. The molecule has 0 radical (unpaired) electrons. The van der Waals surface area contributed by atoms with E-state index in [1.54, 1.807) is 6.20 Å². The van der Waals surface area contributed by atoms with Gasteiger partial charge in [0.05, 0.1) is 19.2 Å². The Balaban J connectivity index is 0.000000369. The molecule has 0 amide bonds. The Morgan fingerprint density at radius 2 is 1.02 bits per heavy atom. The zero-order chi connectivity index (χ0) is 46.1. The minimum Gasteiger partial charge on any atom is -0.481 e. The first-order valence-electron chi connectivity index (χ1n) is 23.8. The second kappa shape index (κ2) is 32.7. The minimum atomic E-state index is -1.11. The Morgan fingerprint density at radius 1 is 0.578 bits per heavy atom. The van der Waals surface area contributed by atoms with Crippen LogP contribution in [0.4, 0.5) is 0 Å². The number of carboxylic acids is 1. The van der Waals surface area contributed by atoms with Gasteiger partial charge in [-0.3, -0.25) is 19.2 Å². The molecule has 0 saturated heterocycles. The SMILES string of the molecule is CCCCCCCCCCCC(=O)OCC(COC(=O)CCCCCCCCCCC)OC(=O)CCC(=O)O.Clc1ccccc1C(c1ccccc1)(c1ccccc1)n1ccnc1. The van der Waals surface area contributed by atoms with E-state index in [2.05, 4.69) is 78.0 Å². The fourth-order valence-corrected chi connectivity index (χ4v) is 8.00. The van der Waals surface area contributed by atoms with E-state index in [9.17, 15) is 19.2 Å². The number of nitrogens with zero attached hydrogens (tertiary/aromatic N) is 2. The summed E-state index contributed by atoms with van der Waals surface area (Å²) in [5.41, 5.74) is 2.70. The molecule has 64 heavy (non-hydrogen) atoms. The van der Waals surface area contributed by atoms with Gasteiger partial charge in [-0.15, -0.1) is 0 Å². The van der Waals surface area contributed by atoms with Crippen molar-refractivity contribution >= 4 is 35.5 Å². The summed E-state index contributed by atoms with van der Waals surface area (Å²) in [6.45, 7) is 3.97. The predicted octanol–water partition coefficient (Wildman–Crippen LogP) is 13.1. The van der Waals surface area contributed by atoms with E-state index >= 15 is 0 Å².